The molecule has 116 valence electrons. The summed E-state index contributed by atoms with van der Waals surface area (Å²) in [5.74, 6) is -0.580. The van der Waals surface area contributed by atoms with Crippen LogP contribution in [0.1, 0.15) is 22.8 Å². The average molecular weight is 319 g/mol. The van der Waals surface area contributed by atoms with Gasteiger partial charge in [-0.15, -0.1) is 0 Å². The highest BCUT2D eigenvalue weighted by molar-refractivity contribution is 7.90. The number of carbonyl (C=O) groups is 1. The molecule has 2 rings (SSSR count). The van der Waals surface area contributed by atoms with Gasteiger partial charge < -0.3 is 0 Å². The molecule has 0 fully saturated rings. The molecule has 1 amide bonds. The van der Waals surface area contributed by atoms with Gasteiger partial charge in [-0.2, -0.15) is 0 Å². The summed E-state index contributed by atoms with van der Waals surface area (Å²) in [5.41, 5.74) is 3.18. The van der Waals surface area contributed by atoms with Crippen molar-refractivity contribution < 1.29 is 18.0 Å². The molecule has 1 N–H and O–H groups in total. The topological polar surface area (TPSA) is 72.5 Å². The van der Waals surface area contributed by atoms with Crippen molar-refractivity contribution >= 4 is 15.7 Å². The van der Waals surface area contributed by atoms with Crippen molar-refractivity contribution in [3.63, 3.8) is 0 Å². The van der Waals surface area contributed by atoms with E-state index in [4.69, 9.17) is 4.84 Å². The van der Waals surface area contributed by atoms with Crippen molar-refractivity contribution in [2.45, 2.75) is 17.6 Å². The van der Waals surface area contributed by atoms with Crippen LogP contribution in [0.5, 0.6) is 0 Å². The Balaban J connectivity index is 2.23. The van der Waals surface area contributed by atoms with E-state index in [2.05, 4.69) is 5.48 Å². The van der Waals surface area contributed by atoms with Crippen molar-refractivity contribution in [1.29, 1.82) is 0 Å². The summed E-state index contributed by atoms with van der Waals surface area (Å²) in [6.07, 6.45) is 0. The summed E-state index contributed by atoms with van der Waals surface area (Å²) in [6.45, 7) is 2.07. The number of hydroxylamine groups is 1. The maximum absolute atomic E-state index is 12.4. The Morgan fingerprint density at radius 2 is 1.82 bits per heavy atom. The molecule has 0 heterocycles. The molecule has 0 saturated carbocycles. The second-order valence-corrected chi connectivity index (χ2v) is 6.63. The molecule has 0 spiro atoms. The van der Waals surface area contributed by atoms with Crippen LogP contribution >= 0.6 is 0 Å². The second-order valence-electron chi connectivity index (χ2n) is 4.64. The van der Waals surface area contributed by atoms with E-state index in [9.17, 15) is 13.2 Å². The van der Waals surface area contributed by atoms with Gasteiger partial charge in [-0.3, -0.25) is 9.63 Å². The summed E-state index contributed by atoms with van der Waals surface area (Å²) in [5, 5.41) is 0. The van der Waals surface area contributed by atoms with E-state index in [1.165, 1.54) is 18.2 Å². The lowest BCUT2D eigenvalue weighted by atomic mass is 10.2. The number of hydrogen-bond acceptors (Lipinski definition) is 4. The fourth-order valence-electron chi connectivity index (χ4n) is 1.90. The molecule has 0 bridgehead atoms. The van der Waals surface area contributed by atoms with Crippen molar-refractivity contribution in [2.24, 2.45) is 0 Å². The Morgan fingerprint density at radius 1 is 1.09 bits per heavy atom. The normalized spacial score (nSPS) is 11.1. The molecule has 0 saturated heterocycles. The van der Waals surface area contributed by atoms with Crippen LogP contribution in [-0.2, 0) is 20.4 Å². The number of hydrogen-bond donors (Lipinski definition) is 1. The number of rotatable bonds is 6. The highest BCUT2D eigenvalue weighted by atomic mass is 32.2. The van der Waals surface area contributed by atoms with E-state index >= 15 is 0 Å². The maximum atomic E-state index is 12.4. The molecule has 22 heavy (non-hydrogen) atoms. The zero-order chi connectivity index (χ0) is 16.0. The van der Waals surface area contributed by atoms with Gasteiger partial charge in [0.1, 0.15) is 0 Å². The van der Waals surface area contributed by atoms with Crippen LogP contribution in [0.4, 0.5) is 0 Å². The van der Waals surface area contributed by atoms with E-state index in [0.717, 1.165) is 0 Å². The predicted molar refractivity (Wildman–Crippen MR) is 82.9 cm³/mol. The smallest absolute Gasteiger partial charge is 0.274 e. The number of amides is 1. The number of benzene rings is 2. The Bertz CT molecular complexity index is 742. The number of carbonyl (C=O) groups excluding carboxylic acids is 1. The van der Waals surface area contributed by atoms with Gasteiger partial charge in [0.25, 0.3) is 5.91 Å². The van der Waals surface area contributed by atoms with E-state index < -0.39 is 15.7 Å². The van der Waals surface area contributed by atoms with Gasteiger partial charge in [0, 0.05) is 5.56 Å². The Hall–Kier alpha value is -2.18. The molecule has 5 nitrogen and oxygen atoms in total. The lowest BCUT2D eigenvalue weighted by molar-refractivity contribution is 0.0364. The highest BCUT2D eigenvalue weighted by Crippen LogP contribution is 2.17. The van der Waals surface area contributed by atoms with Crippen LogP contribution in [0.25, 0.3) is 0 Å². The first-order valence-corrected chi connectivity index (χ1v) is 8.47. The van der Waals surface area contributed by atoms with Crippen LogP contribution < -0.4 is 5.48 Å². The Kier molecular flexibility index (Phi) is 5.30. The molecule has 0 atom stereocenters. The Labute approximate surface area is 129 Å². The van der Waals surface area contributed by atoms with Crippen molar-refractivity contribution in [3.8, 4) is 0 Å². The molecule has 0 aliphatic carbocycles. The van der Waals surface area contributed by atoms with Gasteiger partial charge in [-0.05, 0) is 30.7 Å². The summed E-state index contributed by atoms with van der Waals surface area (Å²) >= 11 is 0. The van der Waals surface area contributed by atoms with Crippen molar-refractivity contribution in [2.75, 3.05) is 6.61 Å². The highest BCUT2D eigenvalue weighted by Gasteiger charge is 2.17. The van der Waals surface area contributed by atoms with Crippen molar-refractivity contribution in [3.05, 3.63) is 65.7 Å². The van der Waals surface area contributed by atoms with Gasteiger partial charge in [-0.25, -0.2) is 13.9 Å². The molecule has 0 aliphatic rings. The molecule has 6 heteroatoms. The first-order chi connectivity index (χ1) is 10.5. The summed E-state index contributed by atoms with van der Waals surface area (Å²) < 4.78 is 24.9. The molecular weight excluding hydrogens is 302 g/mol. The average Bonchev–Trinajstić information content (AvgIpc) is 2.53. The second kappa shape index (κ2) is 7.20. The monoisotopic (exact) mass is 319 g/mol. The minimum absolute atomic E-state index is 0.107. The first-order valence-electron chi connectivity index (χ1n) is 6.82. The van der Waals surface area contributed by atoms with Crippen LogP contribution in [0.15, 0.2) is 59.5 Å². The van der Waals surface area contributed by atoms with Gasteiger partial charge in [-0.1, -0.05) is 36.4 Å². The third-order valence-corrected chi connectivity index (χ3v) is 4.65. The number of sulfone groups is 1. The quantitative estimate of drug-likeness (QED) is 0.830. The summed E-state index contributed by atoms with van der Waals surface area (Å²) in [4.78, 5) is 16.7. The standard InChI is InChI=1S/C16H17NO4S/c1-2-21-17-16(18)14-9-6-10-15(11-14)22(19,20)12-13-7-4-3-5-8-13/h3-11H,2,12H2,1H3,(H,17,18). The fourth-order valence-corrected chi connectivity index (χ4v) is 3.29. The zero-order valence-electron chi connectivity index (χ0n) is 12.2. The van der Waals surface area contributed by atoms with E-state index in [1.54, 1.807) is 37.3 Å². The fraction of sp³-hybridized carbons (Fsp3) is 0.188. The SMILES string of the molecule is CCONC(=O)c1cccc(S(=O)(=O)Cc2ccccc2)c1. The van der Waals surface area contributed by atoms with Crippen molar-refractivity contribution in [1.82, 2.24) is 5.48 Å². The molecule has 2 aromatic rings. The first kappa shape index (κ1) is 16.2. The third kappa shape index (κ3) is 4.16. The lowest BCUT2D eigenvalue weighted by Gasteiger charge is -2.07. The van der Waals surface area contributed by atoms with Gasteiger partial charge in [0.15, 0.2) is 9.84 Å². The largest absolute Gasteiger partial charge is 0.274 e. The van der Waals surface area contributed by atoms with Crippen LogP contribution in [0, 0.1) is 0 Å². The molecule has 0 aliphatic heterocycles. The van der Waals surface area contributed by atoms with Gasteiger partial charge in [0.2, 0.25) is 0 Å². The minimum atomic E-state index is -3.51. The number of nitrogens with one attached hydrogen (secondary N) is 1. The molecule has 0 unspecified atom stereocenters. The molecule has 0 aromatic heterocycles. The van der Waals surface area contributed by atoms with Crippen LogP contribution in [0.3, 0.4) is 0 Å². The Morgan fingerprint density at radius 3 is 2.50 bits per heavy atom. The lowest BCUT2D eigenvalue weighted by Crippen LogP contribution is -2.23. The molecule has 2 aromatic carbocycles. The van der Waals surface area contributed by atoms with Gasteiger partial charge >= 0.3 is 0 Å². The van der Waals surface area contributed by atoms with E-state index in [1.807, 2.05) is 6.07 Å². The molecular formula is C16H17NO4S. The molecule has 0 radical (unpaired) electrons. The third-order valence-electron chi connectivity index (χ3n) is 2.96. The zero-order valence-corrected chi connectivity index (χ0v) is 13.0. The summed E-state index contributed by atoms with van der Waals surface area (Å²) in [6, 6.07) is 14.8. The minimum Gasteiger partial charge on any atom is -0.274 e. The predicted octanol–water partition coefficient (Wildman–Crippen LogP) is 2.34. The van der Waals surface area contributed by atoms with E-state index in [0.29, 0.717) is 12.2 Å². The van der Waals surface area contributed by atoms with E-state index in [-0.39, 0.29) is 16.2 Å². The summed E-state index contributed by atoms with van der Waals surface area (Å²) in [7, 11) is -3.51. The van der Waals surface area contributed by atoms with Crippen LogP contribution in [-0.4, -0.2) is 20.9 Å². The van der Waals surface area contributed by atoms with Gasteiger partial charge in [0.05, 0.1) is 17.3 Å². The van der Waals surface area contributed by atoms with Crippen LogP contribution in [0.2, 0.25) is 0 Å². The maximum Gasteiger partial charge on any atom is 0.274 e.